The zero-order valence-electron chi connectivity index (χ0n) is 25.0. The predicted molar refractivity (Wildman–Crippen MR) is 161 cm³/mol. The molecule has 2 aliphatic heterocycles. The lowest BCUT2D eigenvalue weighted by Crippen LogP contribution is -2.50. The number of nitrogens with zero attached hydrogens (tertiary/aromatic N) is 2. The number of piperidine rings is 1. The fourth-order valence-corrected chi connectivity index (χ4v) is 9.37. The van der Waals surface area contributed by atoms with Crippen LogP contribution in [0.1, 0.15) is 82.3 Å². The molecule has 2 aromatic rings. The highest BCUT2D eigenvalue weighted by Crippen LogP contribution is 2.46. The fourth-order valence-electron chi connectivity index (χ4n) is 7.56. The van der Waals surface area contributed by atoms with Gasteiger partial charge in [-0.2, -0.15) is 17.5 Å². The molecule has 1 N–H and O–H groups in total. The number of halogens is 3. The Morgan fingerprint density at radius 2 is 1.63 bits per heavy atom. The number of alkyl halides is 3. The summed E-state index contributed by atoms with van der Waals surface area (Å²) in [6, 6.07) is 14.1. The van der Waals surface area contributed by atoms with E-state index in [0.29, 0.717) is 31.4 Å². The van der Waals surface area contributed by atoms with Crippen molar-refractivity contribution < 1.29 is 26.4 Å². The van der Waals surface area contributed by atoms with Gasteiger partial charge in [0, 0.05) is 24.7 Å². The lowest BCUT2D eigenvalue weighted by Gasteiger charge is -2.47. The van der Waals surface area contributed by atoms with E-state index in [2.05, 4.69) is 40.5 Å². The molecule has 3 aliphatic rings. The number of sulfonamides is 1. The molecule has 2 atom stereocenters. The molecular formula is C33H44F3N3O3S. The summed E-state index contributed by atoms with van der Waals surface area (Å²) in [5.74, 6) is -0.307. The molecule has 2 aromatic carbocycles. The van der Waals surface area contributed by atoms with Gasteiger partial charge in [0.05, 0.1) is 16.4 Å². The third-order valence-electron chi connectivity index (χ3n) is 10.1. The summed E-state index contributed by atoms with van der Waals surface area (Å²) in [5.41, 5.74) is 0.508. The minimum Gasteiger partial charge on any atom is -0.356 e. The summed E-state index contributed by atoms with van der Waals surface area (Å²) in [6.45, 7) is 4.74. The topological polar surface area (TPSA) is 69.7 Å². The van der Waals surface area contributed by atoms with Crippen LogP contribution in [0.2, 0.25) is 0 Å². The van der Waals surface area contributed by atoms with Gasteiger partial charge in [0.2, 0.25) is 15.9 Å². The van der Waals surface area contributed by atoms with Crippen LogP contribution in [0.4, 0.5) is 13.2 Å². The number of rotatable bonds is 9. The molecule has 0 spiro atoms. The molecule has 5 rings (SSSR count). The van der Waals surface area contributed by atoms with Crippen LogP contribution in [-0.4, -0.2) is 55.8 Å². The second-order valence-corrected chi connectivity index (χ2v) is 14.5. The summed E-state index contributed by atoms with van der Waals surface area (Å²) in [5, 5.41) is 3.06. The Morgan fingerprint density at radius 1 is 0.953 bits per heavy atom. The summed E-state index contributed by atoms with van der Waals surface area (Å²) in [6.07, 6.45) is 5.01. The van der Waals surface area contributed by atoms with Gasteiger partial charge < -0.3 is 5.32 Å². The largest absolute Gasteiger partial charge is 0.416 e. The van der Waals surface area contributed by atoms with Gasteiger partial charge in [0.15, 0.2) is 0 Å². The lowest BCUT2D eigenvalue weighted by molar-refractivity contribution is -0.137. The number of carbonyl (C=O) groups is 1. The smallest absolute Gasteiger partial charge is 0.356 e. The van der Waals surface area contributed by atoms with E-state index in [0.717, 1.165) is 63.7 Å². The number of benzene rings is 2. The Labute approximate surface area is 254 Å². The van der Waals surface area contributed by atoms with Crippen molar-refractivity contribution in [2.45, 2.75) is 93.8 Å². The van der Waals surface area contributed by atoms with E-state index in [1.165, 1.54) is 28.8 Å². The van der Waals surface area contributed by atoms with Crippen LogP contribution in [0.15, 0.2) is 59.5 Å². The molecule has 236 valence electrons. The van der Waals surface area contributed by atoms with Crippen molar-refractivity contribution in [3.05, 3.63) is 65.7 Å². The number of likely N-dealkylation sites (tertiary alicyclic amines) is 1. The van der Waals surface area contributed by atoms with E-state index in [1.54, 1.807) is 6.92 Å². The standard InChI is InChI=1S/C33H44F3N3O3S/c1-25(30-14-5-6-23-39(30)43(41,42)29-13-9-12-28(24-29)33(34,35)36)31(40)37-20-17-26-15-18-32(19-16-26,38-21-7-8-22-38)27-10-3-2-4-11-27/h2-4,9-13,24-26,30H,5-8,14-23H2,1H3,(H,37,40). The Hall–Kier alpha value is -2.43. The third kappa shape index (κ3) is 6.96. The number of hydrogen-bond acceptors (Lipinski definition) is 4. The van der Waals surface area contributed by atoms with Crippen LogP contribution in [0.5, 0.6) is 0 Å². The van der Waals surface area contributed by atoms with E-state index in [-0.39, 0.29) is 22.9 Å². The van der Waals surface area contributed by atoms with Gasteiger partial charge in [0.25, 0.3) is 0 Å². The first-order chi connectivity index (χ1) is 20.5. The van der Waals surface area contributed by atoms with E-state index >= 15 is 0 Å². The molecular weight excluding hydrogens is 575 g/mol. The van der Waals surface area contributed by atoms with E-state index in [9.17, 15) is 26.4 Å². The first-order valence-corrected chi connectivity index (χ1v) is 17.2. The summed E-state index contributed by atoms with van der Waals surface area (Å²) >= 11 is 0. The maximum Gasteiger partial charge on any atom is 0.416 e. The molecule has 0 radical (unpaired) electrons. The number of hydrogen-bond donors (Lipinski definition) is 1. The van der Waals surface area contributed by atoms with Crippen molar-refractivity contribution in [2.75, 3.05) is 26.2 Å². The molecule has 0 aromatic heterocycles. The van der Waals surface area contributed by atoms with Crippen molar-refractivity contribution in [1.29, 1.82) is 0 Å². The van der Waals surface area contributed by atoms with Crippen molar-refractivity contribution in [2.24, 2.45) is 11.8 Å². The zero-order chi connectivity index (χ0) is 30.7. The van der Waals surface area contributed by atoms with Crippen molar-refractivity contribution in [1.82, 2.24) is 14.5 Å². The fraction of sp³-hybridized carbons (Fsp3) is 0.606. The molecule has 6 nitrogen and oxygen atoms in total. The summed E-state index contributed by atoms with van der Waals surface area (Å²) in [7, 11) is -4.20. The maximum absolute atomic E-state index is 13.5. The molecule has 2 unspecified atom stereocenters. The first kappa shape index (κ1) is 32.0. The van der Waals surface area contributed by atoms with Crippen LogP contribution in [0.3, 0.4) is 0 Å². The highest BCUT2D eigenvalue weighted by molar-refractivity contribution is 7.89. The second kappa shape index (κ2) is 13.3. The number of amides is 1. The quantitative estimate of drug-likeness (QED) is 0.345. The zero-order valence-corrected chi connectivity index (χ0v) is 25.8. The molecule has 1 amide bonds. The average Bonchev–Trinajstić information content (AvgIpc) is 3.57. The minimum absolute atomic E-state index is 0.0988. The average molecular weight is 620 g/mol. The second-order valence-electron chi connectivity index (χ2n) is 12.6. The lowest BCUT2D eigenvalue weighted by atomic mass is 9.71. The van der Waals surface area contributed by atoms with Crippen molar-refractivity contribution >= 4 is 15.9 Å². The summed E-state index contributed by atoms with van der Waals surface area (Å²) in [4.78, 5) is 15.5. The van der Waals surface area contributed by atoms with Crippen LogP contribution >= 0.6 is 0 Å². The Morgan fingerprint density at radius 3 is 2.30 bits per heavy atom. The number of carbonyl (C=O) groups excluding carboxylic acids is 1. The normalized spacial score (nSPS) is 26.7. The molecule has 2 saturated heterocycles. The van der Waals surface area contributed by atoms with Gasteiger partial charge >= 0.3 is 6.18 Å². The van der Waals surface area contributed by atoms with Gasteiger partial charge in [0.1, 0.15) is 0 Å². The highest BCUT2D eigenvalue weighted by atomic mass is 32.2. The molecule has 43 heavy (non-hydrogen) atoms. The van der Waals surface area contributed by atoms with Gasteiger partial charge in [-0.1, -0.05) is 49.7 Å². The first-order valence-electron chi connectivity index (χ1n) is 15.8. The van der Waals surface area contributed by atoms with Gasteiger partial charge in [-0.3, -0.25) is 9.69 Å². The Bertz CT molecular complexity index is 1340. The Kier molecular flexibility index (Phi) is 9.88. The van der Waals surface area contributed by atoms with Crippen LogP contribution in [0.25, 0.3) is 0 Å². The van der Waals surface area contributed by atoms with Crippen LogP contribution in [-0.2, 0) is 26.5 Å². The molecule has 10 heteroatoms. The minimum atomic E-state index is -4.64. The molecule has 2 heterocycles. The predicted octanol–water partition coefficient (Wildman–Crippen LogP) is 6.57. The Balaban J connectivity index is 1.17. The van der Waals surface area contributed by atoms with Crippen LogP contribution < -0.4 is 5.32 Å². The van der Waals surface area contributed by atoms with E-state index < -0.39 is 33.7 Å². The third-order valence-corrected chi connectivity index (χ3v) is 12.0. The SMILES string of the molecule is CC(C(=O)NCCC1CCC(c2ccccc2)(N2CCCC2)CC1)C1CCCCN1S(=O)(=O)c1cccc(C(F)(F)F)c1. The van der Waals surface area contributed by atoms with Crippen molar-refractivity contribution in [3.8, 4) is 0 Å². The molecule has 3 fully saturated rings. The maximum atomic E-state index is 13.5. The van der Waals surface area contributed by atoms with Gasteiger partial charge in [-0.05, 0) is 101 Å². The van der Waals surface area contributed by atoms with Crippen molar-refractivity contribution in [3.63, 3.8) is 0 Å². The molecule has 1 aliphatic carbocycles. The van der Waals surface area contributed by atoms with Gasteiger partial charge in [-0.15, -0.1) is 0 Å². The number of nitrogens with one attached hydrogen (secondary N) is 1. The van der Waals surface area contributed by atoms with E-state index in [1.807, 2.05) is 0 Å². The molecule has 0 bridgehead atoms. The van der Waals surface area contributed by atoms with E-state index in [4.69, 9.17) is 0 Å². The monoisotopic (exact) mass is 619 g/mol. The molecule has 1 saturated carbocycles. The highest BCUT2D eigenvalue weighted by Gasteiger charge is 2.43. The van der Waals surface area contributed by atoms with Crippen LogP contribution in [0, 0.1) is 11.8 Å². The van der Waals surface area contributed by atoms with Gasteiger partial charge in [-0.25, -0.2) is 8.42 Å². The summed E-state index contributed by atoms with van der Waals surface area (Å²) < 4.78 is 68.1.